The van der Waals surface area contributed by atoms with Gasteiger partial charge in [0.25, 0.3) is 0 Å². The van der Waals surface area contributed by atoms with Crippen LogP contribution in [-0.4, -0.2) is 33.1 Å². The zero-order valence-corrected chi connectivity index (χ0v) is 14.9. The van der Waals surface area contributed by atoms with Crippen LogP contribution in [0.5, 0.6) is 0 Å². The summed E-state index contributed by atoms with van der Waals surface area (Å²) >= 11 is 5.59. The number of aromatic nitrogens is 2. The minimum Gasteiger partial charge on any atom is -0.360 e. The molecule has 4 rings (SSSR count). The van der Waals surface area contributed by atoms with E-state index in [1.807, 2.05) is 18.3 Å². The summed E-state index contributed by atoms with van der Waals surface area (Å²) in [5, 5.41) is 4.25. The number of piperidine rings is 1. The van der Waals surface area contributed by atoms with E-state index in [1.165, 1.54) is 11.1 Å². The van der Waals surface area contributed by atoms with Crippen LogP contribution in [0.15, 0.2) is 54.9 Å². The van der Waals surface area contributed by atoms with Gasteiger partial charge in [0.05, 0.1) is 11.0 Å². The van der Waals surface area contributed by atoms with Gasteiger partial charge in [-0.1, -0.05) is 30.3 Å². The molecule has 1 aromatic carbocycles. The Kier molecular flexibility index (Phi) is 4.65. The summed E-state index contributed by atoms with van der Waals surface area (Å²) in [5.74, 6) is 0.553. The van der Waals surface area contributed by atoms with Crippen molar-refractivity contribution < 1.29 is 0 Å². The van der Waals surface area contributed by atoms with Crippen LogP contribution in [0.3, 0.4) is 0 Å². The number of benzene rings is 1. The van der Waals surface area contributed by atoms with Crippen molar-refractivity contribution in [1.29, 1.82) is 0 Å². The Morgan fingerprint density at radius 1 is 1.16 bits per heavy atom. The lowest BCUT2D eigenvalue weighted by atomic mass is 9.90. The van der Waals surface area contributed by atoms with Gasteiger partial charge < -0.3 is 15.2 Å². The van der Waals surface area contributed by atoms with E-state index in [9.17, 15) is 0 Å². The summed E-state index contributed by atoms with van der Waals surface area (Å²) in [7, 11) is 0. The number of nitrogens with zero attached hydrogens (tertiary/aromatic N) is 2. The number of hydrogen-bond acceptors (Lipinski definition) is 2. The van der Waals surface area contributed by atoms with Crippen molar-refractivity contribution in [1.82, 2.24) is 20.2 Å². The predicted octanol–water partition coefficient (Wildman–Crippen LogP) is 3.82. The van der Waals surface area contributed by atoms with Gasteiger partial charge in [-0.2, -0.15) is 0 Å². The Hall–Kier alpha value is -2.40. The third-order valence-electron chi connectivity index (χ3n) is 4.97. The first-order valence-corrected chi connectivity index (χ1v) is 9.21. The maximum absolute atomic E-state index is 5.59. The molecular formula is C20H22N4S. The summed E-state index contributed by atoms with van der Waals surface area (Å²) in [6, 6.07) is 14.4. The highest BCUT2D eigenvalue weighted by molar-refractivity contribution is 7.80. The minimum atomic E-state index is 0.553. The second-order valence-electron chi connectivity index (χ2n) is 6.55. The Balaban J connectivity index is 1.34. The van der Waals surface area contributed by atoms with Gasteiger partial charge in [0.15, 0.2) is 5.11 Å². The van der Waals surface area contributed by atoms with Crippen molar-refractivity contribution in [2.24, 2.45) is 0 Å². The molecule has 0 unspecified atom stereocenters. The molecule has 5 heteroatoms. The summed E-state index contributed by atoms with van der Waals surface area (Å²) in [6.07, 6.45) is 6.22. The van der Waals surface area contributed by atoms with Gasteiger partial charge in [0.2, 0.25) is 0 Å². The molecule has 0 spiro atoms. The number of likely N-dealkylation sites (tertiary alicyclic amines) is 1. The Morgan fingerprint density at radius 2 is 1.96 bits per heavy atom. The van der Waals surface area contributed by atoms with Crippen molar-refractivity contribution in [3.63, 3.8) is 0 Å². The van der Waals surface area contributed by atoms with Crippen molar-refractivity contribution in [3.8, 4) is 0 Å². The zero-order chi connectivity index (χ0) is 17.1. The summed E-state index contributed by atoms with van der Waals surface area (Å²) in [4.78, 5) is 10.2. The molecule has 0 saturated carbocycles. The predicted molar refractivity (Wildman–Crippen MR) is 106 cm³/mol. The summed E-state index contributed by atoms with van der Waals surface area (Å²) in [5.41, 5.74) is 4.84. The van der Waals surface area contributed by atoms with E-state index in [0.29, 0.717) is 5.92 Å². The van der Waals surface area contributed by atoms with Crippen molar-refractivity contribution in [3.05, 3.63) is 66.0 Å². The molecule has 1 aliphatic rings. The number of fused-ring (bicyclic) bond motifs is 1. The average Bonchev–Trinajstić information content (AvgIpc) is 3.11. The van der Waals surface area contributed by atoms with Crippen LogP contribution in [0.2, 0.25) is 0 Å². The SMILES string of the molecule is S=C(NCc1ccccc1)N1CCC(c2c[nH]c3cccnc23)CC1. The van der Waals surface area contributed by atoms with Crippen LogP contribution in [-0.2, 0) is 6.54 Å². The largest absolute Gasteiger partial charge is 0.360 e. The lowest BCUT2D eigenvalue weighted by Crippen LogP contribution is -2.43. The molecule has 25 heavy (non-hydrogen) atoms. The van der Waals surface area contributed by atoms with E-state index in [4.69, 9.17) is 12.2 Å². The minimum absolute atomic E-state index is 0.553. The van der Waals surface area contributed by atoms with Crippen LogP contribution in [0.4, 0.5) is 0 Å². The zero-order valence-electron chi connectivity index (χ0n) is 14.1. The fourth-order valence-electron chi connectivity index (χ4n) is 3.57. The quantitative estimate of drug-likeness (QED) is 0.705. The molecular weight excluding hydrogens is 328 g/mol. The van der Waals surface area contributed by atoms with Crippen molar-refractivity contribution >= 4 is 28.4 Å². The lowest BCUT2D eigenvalue weighted by molar-refractivity contribution is 0.310. The number of aromatic amines is 1. The molecule has 2 aromatic heterocycles. The van der Waals surface area contributed by atoms with Crippen molar-refractivity contribution in [2.45, 2.75) is 25.3 Å². The van der Waals surface area contributed by atoms with Gasteiger partial charge in [-0.15, -0.1) is 0 Å². The summed E-state index contributed by atoms with van der Waals surface area (Å²) < 4.78 is 0. The topological polar surface area (TPSA) is 44.0 Å². The Bertz CT molecular complexity index is 850. The number of nitrogens with one attached hydrogen (secondary N) is 2. The van der Waals surface area contributed by atoms with Crippen LogP contribution in [0, 0.1) is 0 Å². The highest BCUT2D eigenvalue weighted by Crippen LogP contribution is 2.32. The highest BCUT2D eigenvalue weighted by Gasteiger charge is 2.24. The van der Waals surface area contributed by atoms with Gasteiger partial charge in [-0.25, -0.2) is 0 Å². The molecule has 128 valence electrons. The highest BCUT2D eigenvalue weighted by atomic mass is 32.1. The smallest absolute Gasteiger partial charge is 0.169 e. The fourth-order valence-corrected chi connectivity index (χ4v) is 3.82. The molecule has 0 amide bonds. The third-order valence-corrected chi connectivity index (χ3v) is 5.38. The number of hydrogen-bond donors (Lipinski definition) is 2. The fraction of sp³-hybridized carbons (Fsp3) is 0.300. The molecule has 0 radical (unpaired) electrons. The van der Waals surface area contributed by atoms with Gasteiger partial charge in [-0.3, -0.25) is 4.98 Å². The number of thiocarbonyl (C=S) groups is 1. The van der Waals surface area contributed by atoms with Crippen LogP contribution < -0.4 is 5.32 Å². The van der Waals surface area contributed by atoms with Gasteiger partial charge >= 0.3 is 0 Å². The Labute approximate surface area is 153 Å². The van der Waals surface area contributed by atoms with Crippen molar-refractivity contribution in [2.75, 3.05) is 13.1 Å². The monoisotopic (exact) mass is 350 g/mol. The van der Waals surface area contributed by atoms with Crippen LogP contribution in [0.25, 0.3) is 11.0 Å². The second kappa shape index (κ2) is 7.23. The van der Waals surface area contributed by atoms with E-state index in [-0.39, 0.29) is 0 Å². The number of H-pyrrole nitrogens is 1. The second-order valence-corrected chi connectivity index (χ2v) is 6.94. The normalized spacial score (nSPS) is 15.4. The molecule has 3 aromatic rings. The molecule has 1 aliphatic heterocycles. The molecule has 4 nitrogen and oxygen atoms in total. The lowest BCUT2D eigenvalue weighted by Gasteiger charge is -2.33. The molecule has 0 atom stereocenters. The van der Waals surface area contributed by atoms with Gasteiger partial charge in [-0.05, 0) is 54.2 Å². The third kappa shape index (κ3) is 3.51. The van der Waals surface area contributed by atoms with E-state index in [1.54, 1.807) is 0 Å². The standard InChI is InChI=1S/C20H22N4S/c25-20(23-13-15-5-2-1-3-6-15)24-11-8-16(9-12-24)17-14-22-18-7-4-10-21-19(17)18/h1-7,10,14,16,22H,8-9,11-13H2,(H,23,25). The van der Waals surface area contributed by atoms with E-state index in [2.05, 4.69) is 56.7 Å². The van der Waals surface area contributed by atoms with Crippen LogP contribution >= 0.6 is 12.2 Å². The van der Waals surface area contributed by atoms with E-state index >= 15 is 0 Å². The molecule has 1 fully saturated rings. The molecule has 1 saturated heterocycles. The first-order valence-electron chi connectivity index (χ1n) is 8.80. The molecule has 2 N–H and O–H groups in total. The first-order chi connectivity index (χ1) is 12.3. The molecule has 0 bridgehead atoms. The van der Waals surface area contributed by atoms with Crippen LogP contribution in [0.1, 0.15) is 29.9 Å². The Morgan fingerprint density at radius 3 is 2.76 bits per heavy atom. The number of rotatable bonds is 3. The average molecular weight is 350 g/mol. The molecule has 0 aliphatic carbocycles. The van der Waals surface area contributed by atoms with Gasteiger partial charge in [0.1, 0.15) is 0 Å². The van der Waals surface area contributed by atoms with E-state index in [0.717, 1.165) is 48.6 Å². The van der Waals surface area contributed by atoms with Gasteiger partial charge in [0, 0.05) is 32.0 Å². The molecule has 3 heterocycles. The van der Waals surface area contributed by atoms with E-state index < -0.39 is 0 Å². The maximum atomic E-state index is 5.59. The number of pyridine rings is 1. The maximum Gasteiger partial charge on any atom is 0.169 e. The first kappa shape index (κ1) is 16.1. The summed E-state index contributed by atoms with van der Waals surface area (Å²) in [6.45, 7) is 2.77.